The molecule has 4 heteroatoms. The van der Waals surface area contributed by atoms with E-state index < -0.39 is 0 Å². The van der Waals surface area contributed by atoms with E-state index >= 15 is 0 Å². The van der Waals surface area contributed by atoms with E-state index in [1.165, 1.54) is 5.56 Å². The van der Waals surface area contributed by atoms with Gasteiger partial charge in [0.1, 0.15) is 0 Å². The van der Waals surface area contributed by atoms with E-state index in [1.54, 1.807) is 11.3 Å². The van der Waals surface area contributed by atoms with Crippen LogP contribution < -0.4 is 5.73 Å². The molecule has 0 saturated carbocycles. The predicted molar refractivity (Wildman–Crippen MR) is 62.9 cm³/mol. The van der Waals surface area contributed by atoms with Crippen LogP contribution in [0.1, 0.15) is 24.1 Å². The molecule has 2 aromatic rings. The van der Waals surface area contributed by atoms with E-state index in [2.05, 4.69) is 28.8 Å². The van der Waals surface area contributed by atoms with Crippen LogP contribution in [-0.4, -0.2) is 9.78 Å². The van der Waals surface area contributed by atoms with Gasteiger partial charge in [-0.3, -0.25) is 4.68 Å². The third-order valence-corrected chi connectivity index (χ3v) is 3.17. The Morgan fingerprint density at radius 2 is 2.47 bits per heavy atom. The smallest absolute Gasteiger partial charge is 0.0537 e. The van der Waals surface area contributed by atoms with E-state index in [9.17, 15) is 0 Å². The number of nitrogens with two attached hydrogens (primary N) is 1. The quantitative estimate of drug-likeness (QED) is 0.860. The molecule has 1 unspecified atom stereocenters. The van der Waals surface area contributed by atoms with Gasteiger partial charge in [0.2, 0.25) is 0 Å². The molecular weight excluding hydrogens is 206 g/mol. The largest absolute Gasteiger partial charge is 0.324 e. The Labute approximate surface area is 93.5 Å². The fourth-order valence-corrected chi connectivity index (χ4v) is 2.21. The van der Waals surface area contributed by atoms with Gasteiger partial charge in [0.25, 0.3) is 0 Å². The molecule has 0 aliphatic carbocycles. The number of aromatic nitrogens is 2. The third kappa shape index (κ3) is 2.46. The van der Waals surface area contributed by atoms with Gasteiger partial charge in [-0.15, -0.1) is 0 Å². The molecule has 0 radical (unpaired) electrons. The molecule has 0 aromatic carbocycles. The lowest BCUT2D eigenvalue weighted by atomic mass is 10.1. The zero-order valence-corrected chi connectivity index (χ0v) is 9.57. The number of hydrogen-bond acceptors (Lipinski definition) is 3. The van der Waals surface area contributed by atoms with Crippen molar-refractivity contribution in [3.05, 3.63) is 40.3 Å². The molecule has 0 amide bonds. The molecule has 2 N–H and O–H groups in total. The van der Waals surface area contributed by atoms with Crippen LogP contribution in [0.15, 0.2) is 29.2 Å². The molecule has 0 aliphatic rings. The average Bonchev–Trinajstić information content (AvgIpc) is 2.86. The predicted octanol–water partition coefficient (Wildman–Crippen LogP) is 2.21. The summed E-state index contributed by atoms with van der Waals surface area (Å²) < 4.78 is 1.91. The molecule has 0 fully saturated rings. The molecule has 0 spiro atoms. The van der Waals surface area contributed by atoms with Crippen LogP contribution in [0.25, 0.3) is 0 Å². The van der Waals surface area contributed by atoms with Crippen molar-refractivity contribution in [3.63, 3.8) is 0 Å². The Bertz CT molecular complexity index is 405. The van der Waals surface area contributed by atoms with Crippen LogP contribution >= 0.6 is 11.3 Å². The monoisotopic (exact) mass is 221 g/mol. The standard InChI is InChI=1S/C11H15N3S/c1-2-14-7-10(6-13-14)11(12)5-9-3-4-15-8-9/h3-4,6-8,11H,2,5,12H2,1H3. The molecule has 0 aliphatic heterocycles. The molecule has 15 heavy (non-hydrogen) atoms. The molecule has 2 heterocycles. The minimum atomic E-state index is 0.0555. The fraction of sp³-hybridized carbons (Fsp3) is 0.364. The van der Waals surface area contributed by atoms with Crippen molar-refractivity contribution in [2.45, 2.75) is 25.9 Å². The molecule has 0 saturated heterocycles. The molecule has 1 atom stereocenters. The average molecular weight is 221 g/mol. The fourth-order valence-electron chi connectivity index (χ4n) is 1.52. The Hall–Kier alpha value is -1.13. The summed E-state index contributed by atoms with van der Waals surface area (Å²) in [6.45, 7) is 2.96. The number of aryl methyl sites for hydroxylation is 1. The van der Waals surface area contributed by atoms with Crippen molar-refractivity contribution in [2.75, 3.05) is 0 Å². The van der Waals surface area contributed by atoms with Crippen LogP contribution in [0, 0.1) is 0 Å². The minimum absolute atomic E-state index is 0.0555. The van der Waals surface area contributed by atoms with Crippen LogP contribution in [0.3, 0.4) is 0 Å². The van der Waals surface area contributed by atoms with Gasteiger partial charge in [0.05, 0.1) is 6.20 Å². The van der Waals surface area contributed by atoms with Gasteiger partial charge < -0.3 is 5.73 Å². The first-order chi connectivity index (χ1) is 7.29. The lowest BCUT2D eigenvalue weighted by Gasteiger charge is -2.07. The molecule has 0 bridgehead atoms. The zero-order chi connectivity index (χ0) is 10.7. The molecular formula is C11H15N3S. The first-order valence-electron chi connectivity index (χ1n) is 5.08. The maximum Gasteiger partial charge on any atom is 0.0537 e. The number of hydrogen-bond donors (Lipinski definition) is 1. The normalized spacial score (nSPS) is 12.9. The third-order valence-electron chi connectivity index (χ3n) is 2.44. The second-order valence-corrected chi connectivity index (χ2v) is 4.35. The van der Waals surface area contributed by atoms with Gasteiger partial charge in [-0.2, -0.15) is 16.4 Å². The summed E-state index contributed by atoms with van der Waals surface area (Å²) >= 11 is 1.71. The number of thiophene rings is 1. The topological polar surface area (TPSA) is 43.8 Å². The van der Waals surface area contributed by atoms with Crippen molar-refractivity contribution in [2.24, 2.45) is 5.73 Å². The van der Waals surface area contributed by atoms with Crippen LogP contribution in [0.2, 0.25) is 0 Å². The number of nitrogens with zero attached hydrogens (tertiary/aromatic N) is 2. The van der Waals surface area contributed by atoms with Crippen molar-refractivity contribution in [3.8, 4) is 0 Å². The number of rotatable bonds is 4. The Morgan fingerprint density at radius 1 is 1.60 bits per heavy atom. The zero-order valence-electron chi connectivity index (χ0n) is 8.76. The highest BCUT2D eigenvalue weighted by Crippen LogP contribution is 2.17. The van der Waals surface area contributed by atoms with Gasteiger partial charge in [-0.25, -0.2) is 0 Å². The van der Waals surface area contributed by atoms with E-state index in [4.69, 9.17) is 5.73 Å². The van der Waals surface area contributed by atoms with E-state index in [1.807, 2.05) is 17.1 Å². The summed E-state index contributed by atoms with van der Waals surface area (Å²) in [4.78, 5) is 0. The lowest BCUT2D eigenvalue weighted by Crippen LogP contribution is -2.12. The summed E-state index contributed by atoms with van der Waals surface area (Å²) in [6, 6.07) is 2.18. The maximum atomic E-state index is 6.11. The summed E-state index contributed by atoms with van der Waals surface area (Å²) in [5.41, 5.74) is 8.52. The lowest BCUT2D eigenvalue weighted by molar-refractivity contribution is 0.655. The van der Waals surface area contributed by atoms with Crippen molar-refractivity contribution < 1.29 is 0 Å². The highest BCUT2D eigenvalue weighted by atomic mass is 32.1. The summed E-state index contributed by atoms with van der Waals surface area (Å²) in [6.07, 6.45) is 4.77. The van der Waals surface area contributed by atoms with Crippen LogP contribution in [0.4, 0.5) is 0 Å². The van der Waals surface area contributed by atoms with Crippen LogP contribution in [-0.2, 0) is 13.0 Å². The van der Waals surface area contributed by atoms with E-state index in [0.717, 1.165) is 18.5 Å². The van der Waals surface area contributed by atoms with Gasteiger partial charge in [-0.05, 0) is 35.7 Å². The molecule has 80 valence electrons. The van der Waals surface area contributed by atoms with E-state index in [0.29, 0.717) is 0 Å². The molecule has 2 rings (SSSR count). The van der Waals surface area contributed by atoms with Crippen molar-refractivity contribution in [1.82, 2.24) is 9.78 Å². The second-order valence-electron chi connectivity index (χ2n) is 3.57. The SMILES string of the molecule is CCn1cc(C(N)Cc2ccsc2)cn1. The maximum absolute atomic E-state index is 6.11. The van der Waals surface area contributed by atoms with Gasteiger partial charge in [0, 0.05) is 24.3 Å². The Morgan fingerprint density at radius 3 is 3.07 bits per heavy atom. The summed E-state index contributed by atoms with van der Waals surface area (Å²) in [5, 5.41) is 8.45. The highest BCUT2D eigenvalue weighted by Gasteiger charge is 2.09. The van der Waals surface area contributed by atoms with E-state index in [-0.39, 0.29) is 6.04 Å². The van der Waals surface area contributed by atoms with Gasteiger partial charge >= 0.3 is 0 Å². The van der Waals surface area contributed by atoms with Crippen molar-refractivity contribution in [1.29, 1.82) is 0 Å². The van der Waals surface area contributed by atoms with Gasteiger partial charge in [0.15, 0.2) is 0 Å². The van der Waals surface area contributed by atoms with Gasteiger partial charge in [-0.1, -0.05) is 0 Å². The van der Waals surface area contributed by atoms with Crippen molar-refractivity contribution >= 4 is 11.3 Å². The molecule has 2 aromatic heterocycles. The highest BCUT2D eigenvalue weighted by molar-refractivity contribution is 7.07. The van der Waals surface area contributed by atoms with Crippen LogP contribution in [0.5, 0.6) is 0 Å². The summed E-state index contributed by atoms with van der Waals surface area (Å²) in [5.74, 6) is 0. The first kappa shape index (κ1) is 10.4. The first-order valence-corrected chi connectivity index (χ1v) is 6.03. The second kappa shape index (κ2) is 4.59. The molecule has 3 nitrogen and oxygen atoms in total. The minimum Gasteiger partial charge on any atom is -0.324 e. The Balaban J connectivity index is 2.04. The summed E-state index contributed by atoms with van der Waals surface area (Å²) in [7, 11) is 0. The Kier molecular flexibility index (Phi) is 3.18.